The van der Waals surface area contributed by atoms with Crippen LogP contribution in [-0.4, -0.2) is 38.3 Å². The summed E-state index contributed by atoms with van der Waals surface area (Å²) >= 11 is 0. The Kier molecular flexibility index (Phi) is 6.64. The van der Waals surface area contributed by atoms with Crippen LogP contribution in [-0.2, 0) is 14.8 Å². The second-order valence-electron chi connectivity index (χ2n) is 6.73. The highest BCUT2D eigenvalue weighted by Gasteiger charge is 2.25. The van der Waals surface area contributed by atoms with Gasteiger partial charge in [-0.05, 0) is 43.2 Å². The van der Waals surface area contributed by atoms with Crippen molar-refractivity contribution in [3.8, 4) is 0 Å². The van der Waals surface area contributed by atoms with Crippen LogP contribution < -0.4 is 10.6 Å². The Balaban J connectivity index is 1.64. The zero-order chi connectivity index (χ0) is 20.0. The number of hydrogen-bond acceptors (Lipinski definition) is 4. The van der Waals surface area contributed by atoms with Crippen molar-refractivity contribution in [3.05, 3.63) is 54.3 Å². The number of carbonyl (C=O) groups excluding carboxylic acids is 1. The summed E-state index contributed by atoms with van der Waals surface area (Å²) in [5, 5.41) is 5.38. The molecule has 0 radical (unpaired) electrons. The Morgan fingerprint density at radius 1 is 1.00 bits per heavy atom. The fourth-order valence-electron chi connectivity index (χ4n) is 3.14. The van der Waals surface area contributed by atoms with Gasteiger partial charge in [0.05, 0.1) is 17.1 Å². The van der Waals surface area contributed by atoms with Gasteiger partial charge < -0.3 is 10.6 Å². The van der Waals surface area contributed by atoms with E-state index in [1.54, 1.807) is 30.3 Å². The van der Waals surface area contributed by atoms with E-state index in [1.165, 1.54) is 22.5 Å². The number of anilines is 2. The van der Waals surface area contributed by atoms with Crippen molar-refractivity contribution in [3.63, 3.8) is 0 Å². The van der Waals surface area contributed by atoms with Crippen LogP contribution in [0.5, 0.6) is 0 Å². The van der Waals surface area contributed by atoms with Crippen LogP contribution in [0.4, 0.5) is 15.8 Å². The second-order valence-corrected chi connectivity index (χ2v) is 8.67. The molecule has 0 bridgehead atoms. The number of rotatable bonds is 6. The Morgan fingerprint density at radius 2 is 1.71 bits per heavy atom. The van der Waals surface area contributed by atoms with Gasteiger partial charge in [0.15, 0.2) is 0 Å². The fraction of sp³-hybridized carbons (Fsp3) is 0.350. The highest BCUT2D eigenvalue weighted by Crippen LogP contribution is 2.22. The van der Waals surface area contributed by atoms with Gasteiger partial charge in [-0.3, -0.25) is 4.79 Å². The number of nitrogens with one attached hydrogen (secondary N) is 2. The van der Waals surface area contributed by atoms with Crippen LogP contribution >= 0.6 is 0 Å². The monoisotopic (exact) mass is 405 g/mol. The molecule has 28 heavy (non-hydrogen) atoms. The highest BCUT2D eigenvalue weighted by atomic mass is 32.2. The molecule has 0 aliphatic carbocycles. The molecule has 1 aliphatic heterocycles. The standard InChI is InChI=1S/C20H24FN3O3S/c21-18-10-3-4-11-19(18)23-20(25)15-22-16-8-7-9-17(14-16)28(26,27)24-12-5-1-2-6-13-24/h3-4,7-11,14,22H,1-2,5-6,12-13,15H2,(H,23,25). The average Bonchev–Trinajstić information content (AvgIpc) is 2.99. The maximum atomic E-state index is 13.6. The number of hydrogen-bond donors (Lipinski definition) is 2. The van der Waals surface area contributed by atoms with Gasteiger partial charge in [0.2, 0.25) is 15.9 Å². The summed E-state index contributed by atoms with van der Waals surface area (Å²) in [5.41, 5.74) is 0.617. The van der Waals surface area contributed by atoms with Crippen molar-refractivity contribution in [2.45, 2.75) is 30.6 Å². The number of benzene rings is 2. The quantitative estimate of drug-likeness (QED) is 0.772. The Morgan fingerprint density at radius 3 is 2.43 bits per heavy atom. The Hall–Kier alpha value is -2.45. The Labute approximate surface area is 164 Å². The van der Waals surface area contributed by atoms with Crippen molar-refractivity contribution < 1.29 is 17.6 Å². The highest BCUT2D eigenvalue weighted by molar-refractivity contribution is 7.89. The number of nitrogens with zero attached hydrogens (tertiary/aromatic N) is 1. The van der Waals surface area contributed by atoms with Gasteiger partial charge in [-0.15, -0.1) is 0 Å². The van der Waals surface area contributed by atoms with Crippen molar-refractivity contribution in [1.82, 2.24) is 4.31 Å². The maximum absolute atomic E-state index is 13.6. The van der Waals surface area contributed by atoms with Crippen molar-refractivity contribution in [2.24, 2.45) is 0 Å². The molecule has 1 amide bonds. The summed E-state index contributed by atoms with van der Waals surface area (Å²) in [7, 11) is -3.56. The molecule has 1 heterocycles. The molecule has 8 heteroatoms. The van der Waals surface area contributed by atoms with Crippen molar-refractivity contribution in [2.75, 3.05) is 30.3 Å². The molecule has 3 rings (SSSR count). The largest absolute Gasteiger partial charge is 0.376 e. The predicted octanol–water partition coefficient (Wildman–Crippen LogP) is 3.44. The van der Waals surface area contributed by atoms with E-state index in [0.717, 1.165) is 25.7 Å². The zero-order valence-corrected chi connectivity index (χ0v) is 16.3. The second kappa shape index (κ2) is 9.16. The molecule has 0 saturated carbocycles. The van der Waals surface area contributed by atoms with Gasteiger partial charge in [0.1, 0.15) is 5.82 Å². The van der Waals surface area contributed by atoms with Gasteiger partial charge in [0, 0.05) is 18.8 Å². The van der Waals surface area contributed by atoms with Gasteiger partial charge in [0.25, 0.3) is 0 Å². The third kappa shape index (κ3) is 5.08. The van der Waals surface area contributed by atoms with E-state index in [1.807, 2.05) is 0 Å². The summed E-state index contributed by atoms with van der Waals surface area (Å²) in [6.07, 6.45) is 3.83. The number of carbonyl (C=O) groups is 1. The summed E-state index contributed by atoms with van der Waals surface area (Å²) in [4.78, 5) is 12.2. The predicted molar refractivity (Wildman–Crippen MR) is 107 cm³/mol. The van der Waals surface area contributed by atoms with E-state index in [0.29, 0.717) is 18.8 Å². The lowest BCUT2D eigenvalue weighted by molar-refractivity contribution is -0.114. The Bertz CT molecular complexity index is 926. The first kappa shape index (κ1) is 20.3. The molecule has 1 aliphatic rings. The number of amides is 1. The molecule has 0 unspecified atom stereocenters. The number of halogens is 1. The third-order valence-corrected chi connectivity index (χ3v) is 6.53. The van der Waals surface area contributed by atoms with Gasteiger partial charge >= 0.3 is 0 Å². The molecular formula is C20H24FN3O3S. The molecule has 1 saturated heterocycles. The summed E-state index contributed by atoms with van der Waals surface area (Å²) in [5.74, 6) is -0.938. The van der Waals surface area contributed by atoms with E-state index in [2.05, 4.69) is 10.6 Å². The van der Waals surface area contributed by atoms with Gasteiger partial charge in [-0.1, -0.05) is 31.0 Å². The average molecular weight is 405 g/mol. The lowest BCUT2D eigenvalue weighted by Crippen LogP contribution is -2.32. The normalized spacial score (nSPS) is 15.6. The lowest BCUT2D eigenvalue weighted by Gasteiger charge is -2.20. The SMILES string of the molecule is O=C(CNc1cccc(S(=O)(=O)N2CCCCCC2)c1)Nc1ccccc1F. The van der Waals surface area contributed by atoms with E-state index in [-0.39, 0.29) is 17.1 Å². The van der Waals surface area contributed by atoms with E-state index >= 15 is 0 Å². The molecule has 150 valence electrons. The van der Waals surface area contributed by atoms with Crippen LogP contribution in [0.3, 0.4) is 0 Å². The molecular weight excluding hydrogens is 381 g/mol. The first-order valence-electron chi connectivity index (χ1n) is 9.35. The fourth-order valence-corrected chi connectivity index (χ4v) is 4.70. The van der Waals surface area contributed by atoms with Crippen LogP contribution in [0.25, 0.3) is 0 Å². The van der Waals surface area contributed by atoms with Crippen molar-refractivity contribution >= 4 is 27.3 Å². The smallest absolute Gasteiger partial charge is 0.243 e. The molecule has 0 atom stereocenters. The maximum Gasteiger partial charge on any atom is 0.243 e. The first-order valence-corrected chi connectivity index (χ1v) is 10.8. The minimum atomic E-state index is -3.56. The van der Waals surface area contributed by atoms with Gasteiger partial charge in [-0.2, -0.15) is 4.31 Å². The van der Waals surface area contributed by atoms with Gasteiger partial charge in [-0.25, -0.2) is 12.8 Å². The van der Waals surface area contributed by atoms with Crippen LogP contribution in [0.15, 0.2) is 53.4 Å². The molecule has 0 aromatic heterocycles. The summed E-state index contributed by atoms with van der Waals surface area (Å²) in [6, 6.07) is 12.3. The van der Waals surface area contributed by atoms with E-state index < -0.39 is 21.7 Å². The topological polar surface area (TPSA) is 78.5 Å². The molecule has 2 N–H and O–H groups in total. The first-order chi connectivity index (χ1) is 13.5. The molecule has 6 nitrogen and oxygen atoms in total. The molecule has 0 spiro atoms. The molecule has 1 fully saturated rings. The molecule has 2 aromatic carbocycles. The van der Waals surface area contributed by atoms with Crippen LogP contribution in [0.1, 0.15) is 25.7 Å². The van der Waals surface area contributed by atoms with Crippen LogP contribution in [0, 0.1) is 5.82 Å². The number of sulfonamides is 1. The molecule has 2 aromatic rings. The van der Waals surface area contributed by atoms with E-state index in [4.69, 9.17) is 0 Å². The van der Waals surface area contributed by atoms with Crippen molar-refractivity contribution in [1.29, 1.82) is 0 Å². The minimum absolute atomic E-state index is 0.104. The zero-order valence-electron chi connectivity index (χ0n) is 15.5. The summed E-state index contributed by atoms with van der Waals surface area (Å²) < 4.78 is 40.9. The summed E-state index contributed by atoms with van der Waals surface area (Å²) in [6.45, 7) is 0.956. The third-order valence-electron chi connectivity index (χ3n) is 4.64. The lowest BCUT2D eigenvalue weighted by atomic mass is 10.2. The number of para-hydroxylation sites is 1. The minimum Gasteiger partial charge on any atom is -0.376 e. The van der Waals surface area contributed by atoms with Crippen LogP contribution in [0.2, 0.25) is 0 Å². The van der Waals surface area contributed by atoms with E-state index in [9.17, 15) is 17.6 Å².